The van der Waals surface area contributed by atoms with Crippen LogP contribution < -0.4 is 10.6 Å². The van der Waals surface area contributed by atoms with Crippen LogP contribution in [0.5, 0.6) is 0 Å². The van der Waals surface area contributed by atoms with Crippen molar-refractivity contribution in [2.75, 3.05) is 12.4 Å². The highest BCUT2D eigenvalue weighted by Crippen LogP contribution is 2.30. The van der Waals surface area contributed by atoms with Crippen molar-refractivity contribution in [3.63, 3.8) is 0 Å². The molecular weight excluding hydrogens is 258 g/mol. The lowest BCUT2D eigenvalue weighted by Crippen LogP contribution is -2.25. The number of amides is 4. The van der Waals surface area contributed by atoms with Crippen LogP contribution in [0.25, 0.3) is 0 Å². The summed E-state index contributed by atoms with van der Waals surface area (Å²) in [5.74, 6) is -0.153. The number of benzene rings is 1. The molecule has 0 aromatic heterocycles. The number of urea groups is 1. The molecule has 0 radical (unpaired) electrons. The third kappa shape index (κ3) is 2.24. The smallest absolute Gasteiger partial charge is 0.324 e. The Morgan fingerprint density at radius 3 is 2.70 bits per heavy atom. The van der Waals surface area contributed by atoms with Crippen LogP contribution in [-0.4, -0.2) is 29.8 Å². The van der Waals surface area contributed by atoms with Gasteiger partial charge in [-0.2, -0.15) is 0 Å². The first-order valence-corrected chi connectivity index (χ1v) is 6.55. The van der Waals surface area contributed by atoms with Crippen LogP contribution in [0.2, 0.25) is 0 Å². The van der Waals surface area contributed by atoms with Crippen molar-refractivity contribution < 1.29 is 14.4 Å². The molecule has 20 heavy (non-hydrogen) atoms. The Hall–Kier alpha value is -2.37. The van der Waals surface area contributed by atoms with Crippen LogP contribution in [0.3, 0.4) is 0 Å². The number of carbonyl (C=O) groups excluding carboxylic acids is 3. The van der Waals surface area contributed by atoms with Crippen LogP contribution in [0, 0.1) is 5.92 Å². The summed E-state index contributed by atoms with van der Waals surface area (Å²) in [6.07, 6.45) is 1.88. The molecule has 3 rings (SSSR count). The summed E-state index contributed by atoms with van der Waals surface area (Å²) < 4.78 is 0. The van der Waals surface area contributed by atoms with Crippen molar-refractivity contribution in [1.29, 1.82) is 0 Å². The van der Waals surface area contributed by atoms with E-state index in [-0.39, 0.29) is 17.7 Å². The number of carbonyl (C=O) groups is 3. The van der Waals surface area contributed by atoms with Crippen molar-refractivity contribution >= 4 is 23.5 Å². The molecule has 4 amide bonds. The van der Waals surface area contributed by atoms with E-state index in [1.165, 1.54) is 7.05 Å². The van der Waals surface area contributed by atoms with E-state index in [2.05, 4.69) is 10.6 Å². The van der Waals surface area contributed by atoms with Crippen molar-refractivity contribution in [3.8, 4) is 0 Å². The van der Waals surface area contributed by atoms with Gasteiger partial charge in [0.1, 0.15) is 6.04 Å². The zero-order valence-electron chi connectivity index (χ0n) is 11.1. The van der Waals surface area contributed by atoms with E-state index < -0.39 is 12.1 Å². The van der Waals surface area contributed by atoms with E-state index in [0.29, 0.717) is 11.3 Å². The fourth-order valence-electron chi connectivity index (χ4n) is 2.19. The van der Waals surface area contributed by atoms with Gasteiger partial charge in [0, 0.05) is 18.7 Å². The van der Waals surface area contributed by atoms with Crippen molar-refractivity contribution in [3.05, 3.63) is 29.8 Å². The monoisotopic (exact) mass is 273 g/mol. The fourth-order valence-corrected chi connectivity index (χ4v) is 2.19. The zero-order chi connectivity index (χ0) is 14.3. The largest absolute Gasteiger partial charge is 0.326 e. The first-order chi connectivity index (χ1) is 9.56. The van der Waals surface area contributed by atoms with Crippen LogP contribution >= 0.6 is 0 Å². The van der Waals surface area contributed by atoms with Gasteiger partial charge < -0.3 is 10.6 Å². The highest BCUT2D eigenvalue weighted by atomic mass is 16.2. The Bertz CT molecular complexity index is 595. The number of likely N-dealkylation sites (N-methyl/N-ethyl adjacent to an activating group) is 1. The molecule has 1 aliphatic heterocycles. The molecule has 2 fully saturated rings. The Labute approximate surface area is 116 Å². The van der Waals surface area contributed by atoms with Gasteiger partial charge in [0.25, 0.3) is 5.91 Å². The van der Waals surface area contributed by atoms with E-state index in [1.54, 1.807) is 24.3 Å². The number of nitrogens with zero attached hydrogens (tertiary/aromatic N) is 1. The molecule has 6 heteroatoms. The third-order valence-electron chi connectivity index (χ3n) is 3.59. The second-order valence-electron chi connectivity index (χ2n) is 5.17. The number of nitrogens with one attached hydrogen (secondary N) is 2. The minimum absolute atomic E-state index is 0.0149. The number of rotatable bonds is 3. The maximum absolute atomic E-state index is 11.9. The average Bonchev–Trinajstić information content (AvgIpc) is 3.24. The predicted molar refractivity (Wildman–Crippen MR) is 71.8 cm³/mol. The van der Waals surface area contributed by atoms with Gasteiger partial charge in [0.05, 0.1) is 0 Å². The fraction of sp³-hybridized carbons (Fsp3) is 0.357. The predicted octanol–water partition coefficient (Wildman–Crippen LogP) is 1.26. The van der Waals surface area contributed by atoms with Gasteiger partial charge in [0.15, 0.2) is 0 Å². The molecule has 1 saturated heterocycles. The van der Waals surface area contributed by atoms with E-state index in [4.69, 9.17) is 0 Å². The first-order valence-electron chi connectivity index (χ1n) is 6.55. The standard InChI is InChI=1S/C14H15N3O3/c1-17-13(19)11(16-14(17)20)9-3-2-4-10(7-9)15-12(18)8-5-6-8/h2-4,7-8,11H,5-6H2,1H3,(H,15,18)(H,16,20). The molecule has 1 aromatic carbocycles. The van der Waals surface area contributed by atoms with Gasteiger partial charge in [-0.1, -0.05) is 12.1 Å². The first kappa shape index (κ1) is 12.7. The Morgan fingerprint density at radius 2 is 2.10 bits per heavy atom. The Kier molecular flexibility index (Phi) is 2.93. The van der Waals surface area contributed by atoms with Gasteiger partial charge in [-0.15, -0.1) is 0 Å². The van der Waals surface area contributed by atoms with Gasteiger partial charge >= 0.3 is 6.03 Å². The van der Waals surface area contributed by atoms with Gasteiger partial charge in [-0.3, -0.25) is 14.5 Å². The lowest BCUT2D eigenvalue weighted by atomic mass is 10.1. The van der Waals surface area contributed by atoms with Crippen molar-refractivity contribution in [1.82, 2.24) is 10.2 Å². The summed E-state index contributed by atoms with van der Waals surface area (Å²) in [5.41, 5.74) is 1.32. The van der Waals surface area contributed by atoms with E-state index in [1.807, 2.05) is 0 Å². The molecule has 2 aliphatic rings. The SMILES string of the molecule is CN1C(=O)NC(c2cccc(NC(=O)C3CC3)c2)C1=O. The molecule has 0 spiro atoms. The molecule has 1 unspecified atom stereocenters. The van der Waals surface area contributed by atoms with Gasteiger partial charge in [-0.25, -0.2) is 4.79 Å². The van der Waals surface area contributed by atoms with Gasteiger partial charge in [0.2, 0.25) is 5.91 Å². The van der Waals surface area contributed by atoms with Crippen molar-refractivity contribution in [2.45, 2.75) is 18.9 Å². The summed E-state index contributed by atoms with van der Waals surface area (Å²) in [6, 6.07) is 5.93. The molecule has 1 saturated carbocycles. The second kappa shape index (κ2) is 4.63. The molecule has 6 nitrogen and oxygen atoms in total. The summed E-state index contributed by atoms with van der Waals surface area (Å²) in [7, 11) is 1.44. The van der Waals surface area contributed by atoms with Crippen LogP contribution in [-0.2, 0) is 9.59 Å². The molecule has 1 aromatic rings. The molecule has 104 valence electrons. The normalized spacial score (nSPS) is 21.9. The summed E-state index contributed by atoms with van der Waals surface area (Å²) in [4.78, 5) is 36.2. The third-order valence-corrected chi connectivity index (χ3v) is 3.59. The maximum atomic E-state index is 11.9. The average molecular weight is 273 g/mol. The molecule has 2 N–H and O–H groups in total. The minimum atomic E-state index is -0.676. The second-order valence-corrected chi connectivity index (χ2v) is 5.17. The quantitative estimate of drug-likeness (QED) is 0.814. The van der Waals surface area contributed by atoms with E-state index in [0.717, 1.165) is 17.7 Å². The van der Waals surface area contributed by atoms with Crippen molar-refractivity contribution in [2.24, 2.45) is 5.92 Å². The Morgan fingerprint density at radius 1 is 1.35 bits per heavy atom. The number of imide groups is 1. The highest BCUT2D eigenvalue weighted by molar-refractivity contribution is 6.04. The molecule has 1 aliphatic carbocycles. The van der Waals surface area contributed by atoms with Crippen LogP contribution in [0.15, 0.2) is 24.3 Å². The van der Waals surface area contributed by atoms with Gasteiger partial charge in [-0.05, 0) is 30.5 Å². The highest BCUT2D eigenvalue weighted by Gasteiger charge is 2.36. The number of anilines is 1. The minimum Gasteiger partial charge on any atom is -0.326 e. The topological polar surface area (TPSA) is 78.5 Å². The zero-order valence-corrected chi connectivity index (χ0v) is 11.1. The molecule has 1 heterocycles. The molecule has 0 bridgehead atoms. The maximum Gasteiger partial charge on any atom is 0.324 e. The Balaban J connectivity index is 1.79. The van der Waals surface area contributed by atoms with Crippen LogP contribution in [0.1, 0.15) is 24.4 Å². The molecular formula is C14H15N3O3. The summed E-state index contributed by atoms with van der Waals surface area (Å²) in [5, 5.41) is 5.44. The van der Waals surface area contributed by atoms with Crippen LogP contribution in [0.4, 0.5) is 10.5 Å². The number of hydrogen-bond donors (Lipinski definition) is 2. The lowest BCUT2D eigenvalue weighted by molar-refractivity contribution is -0.126. The lowest BCUT2D eigenvalue weighted by Gasteiger charge is -2.11. The summed E-state index contributed by atoms with van der Waals surface area (Å²) in [6.45, 7) is 0. The van der Waals surface area contributed by atoms with E-state index >= 15 is 0 Å². The number of hydrogen-bond acceptors (Lipinski definition) is 3. The van der Waals surface area contributed by atoms with E-state index in [9.17, 15) is 14.4 Å². The molecule has 1 atom stereocenters. The summed E-state index contributed by atoms with van der Waals surface area (Å²) >= 11 is 0.